The molecule has 0 heterocycles. The Morgan fingerprint density at radius 1 is 1.08 bits per heavy atom. The third kappa shape index (κ3) is 4.24. The van der Waals surface area contributed by atoms with Crippen LogP contribution in [-0.4, -0.2) is 24.9 Å². The zero-order valence-electron chi connectivity index (χ0n) is 14.7. The number of hydrogen-bond acceptors (Lipinski definition) is 3. The average molecular weight is 335 g/mol. The molecule has 5 nitrogen and oxygen atoms in total. The van der Waals surface area contributed by atoms with Crippen molar-refractivity contribution in [3.63, 3.8) is 0 Å². The van der Waals surface area contributed by atoms with Gasteiger partial charge in [0.25, 0.3) is 0 Å². The van der Waals surface area contributed by atoms with E-state index in [4.69, 9.17) is 0 Å². The summed E-state index contributed by atoms with van der Waals surface area (Å²) in [6.45, 7) is 5.63. The molecule has 0 radical (unpaired) electrons. The van der Waals surface area contributed by atoms with Gasteiger partial charge in [-0.3, -0.25) is 9.59 Å². The van der Waals surface area contributed by atoms with E-state index in [0.717, 1.165) is 11.3 Å². The molecule has 0 saturated heterocycles. The minimum atomic E-state index is -0.281. The van der Waals surface area contributed by atoms with Crippen LogP contribution in [0.25, 0.3) is 0 Å². The highest BCUT2D eigenvalue weighted by Crippen LogP contribution is 2.21. The lowest BCUT2D eigenvalue weighted by Crippen LogP contribution is -2.42. The summed E-state index contributed by atoms with van der Waals surface area (Å²) in [7, 11) is 0. The third-order valence-corrected chi connectivity index (χ3v) is 3.92. The first-order valence-corrected chi connectivity index (χ1v) is 8.12. The lowest BCUT2D eigenvalue weighted by molar-refractivity contribution is -0.121. The molecule has 0 spiro atoms. The van der Waals surface area contributed by atoms with Crippen LogP contribution in [0.4, 0.5) is 11.4 Å². The molecule has 0 atom stereocenters. The Labute approximate surface area is 148 Å². The van der Waals surface area contributed by atoms with Gasteiger partial charge in [-0.2, -0.15) is 5.26 Å². The van der Waals surface area contributed by atoms with Crippen molar-refractivity contribution in [2.45, 2.75) is 20.8 Å². The molecule has 2 aromatic rings. The lowest BCUT2D eigenvalue weighted by Gasteiger charge is -2.27. The Bertz CT molecular complexity index is 824. The molecule has 0 aromatic heterocycles. The minimum Gasteiger partial charge on any atom is -0.311 e. The number of anilines is 2. The van der Waals surface area contributed by atoms with Gasteiger partial charge in [-0.25, -0.2) is 0 Å². The van der Waals surface area contributed by atoms with Crippen molar-refractivity contribution < 1.29 is 9.59 Å². The summed E-state index contributed by atoms with van der Waals surface area (Å²) in [4.78, 5) is 27.9. The SMILES string of the molecule is CCN(C(=O)CN(C(C)=O)c1ccccc1C#N)c1cccc(C)c1. The van der Waals surface area contributed by atoms with E-state index in [9.17, 15) is 14.9 Å². The molecule has 25 heavy (non-hydrogen) atoms. The van der Waals surface area contributed by atoms with Gasteiger partial charge in [-0.15, -0.1) is 0 Å². The fourth-order valence-electron chi connectivity index (χ4n) is 2.69. The Kier molecular flexibility index (Phi) is 5.91. The van der Waals surface area contributed by atoms with E-state index in [2.05, 4.69) is 6.07 Å². The van der Waals surface area contributed by atoms with Crippen molar-refractivity contribution in [2.24, 2.45) is 0 Å². The number of hydrogen-bond donors (Lipinski definition) is 0. The van der Waals surface area contributed by atoms with Crippen molar-refractivity contribution >= 4 is 23.2 Å². The molecule has 0 bridgehead atoms. The van der Waals surface area contributed by atoms with E-state index in [-0.39, 0.29) is 18.4 Å². The molecule has 2 rings (SSSR count). The van der Waals surface area contributed by atoms with Gasteiger partial charge in [-0.1, -0.05) is 24.3 Å². The van der Waals surface area contributed by atoms with Crippen molar-refractivity contribution in [1.82, 2.24) is 0 Å². The summed E-state index contributed by atoms with van der Waals surface area (Å²) >= 11 is 0. The van der Waals surface area contributed by atoms with E-state index >= 15 is 0 Å². The van der Waals surface area contributed by atoms with E-state index < -0.39 is 0 Å². The fourth-order valence-corrected chi connectivity index (χ4v) is 2.69. The third-order valence-electron chi connectivity index (χ3n) is 3.92. The zero-order chi connectivity index (χ0) is 18.4. The number of aryl methyl sites for hydroxylation is 1. The lowest BCUT2D eigenvalue weighted by atomic mass is 10.1. The van der Waals surface area contributed by atoms with Crippen LogP contribution in [0.1, 0.15) is 25.0 Å². The van der Waals surface area contributed by atoms with Gasteiger partial charge >= 0.3 is 0 Å². The number of para-hydroxylation sites is 1. The van der Waals surface area contributed by atoms with Crippen molar-refractivity contribution in [1.29, 1.82) is 5.26 Å². The topological polar surface area (TPSA) is 64.4 Å². The van der Waals surface area contributed by atoms with Gasteiger partial charge in [0, 0.05) is 19.2 Å². The monoisotopic (exact) mass is 335 g/mol. The zero-order valence-corrected chi connectivity index (χ0v) is 14.7. The summed E-state index contributed by atoms with van der Waals surface area (Å²) in [6.07, 6.45) is 0. The second-order valence-corrected chi connectivity index (χ2v) is 5.71. The van der Waals surface area contributed by atoms with Crippen LogP contribution < -0.4 is 9.80 Å². The van der Waals surface area contributed by atoms with Gasteiger partial charge < -0.3 is 9.80 Å². The number of rotatable bonds is 5. The second kappa shape index (κ2) is 8.11. The first kappa shape index (κ1) is 18.2. The number of amides is 2. The van der Waals surface area contributed by atoms with Crippen LogP contribution >= 0.6 is 0 Å². The first-order chi connectivity index (χ1) is 12.0. The van der Waals surface area contributed by atoms with Gasteiger partial charge in [0.05, 0.1) is 11.3 Å². The Hall–Kier alpha value is -3.13. The van der Waals surface area contributed by atoms with Gasteiger partial charge in [0.1, 0.15) is 12.6 Å². The number of likely N-dealkylation sites (N-methyl/N-ethyl adjacent to an activating group) is 1. The van der Waals surface area contributed by atoms with Crippen LogP contribution in [0.2, 0.25) is 0 Å². The van der Waals surface area contributed by atoms with Crippen LogP contribution in [-0.2, 0) is 9.59 Å². The van der Waals surface area contributed by atoms with Crippen molar-refractivity contribution in [2.75, 3.05) is 22.9 Å². The molecule has 2 amide bonds. The number of carbonyl (C=O) groups excluding carboxylic acids is 2. The maximum Gasteiger partial charge on any atom is 0.247 e. The Morgan fingerprint density at radius 2 is 1.80 bits per heavy atom. The van der Waals surface area contributed by atoms with E-state index in [1.165, 1.54) is 11.8 Å². The molecule has 0 N–H and O–H groups in total. The maximum atomic E-state index is 12.8. The Balaban J connectivity index is 2.31. The summed E-state index contributed by atoms with van der Waals surface area (Å²) in [5, 5.41) is 9.26. The minimum absolute atomic E-state index is 0.115. The first-order valence-electron chi connectivity index (χ1n) is 8.12. The number of carbonyl (C=O) groups is 2. The molecule has 2 aromatic carbocycles. The molecule has 0 aliphatic carbocycles. The van der Waals surface area contributed by atoms with Crippen LogP contribution in [0, 0.1) is 18.3 Å². The quantitative estimate of drug-likeness (QED) is 0.842. The van der Waals surface area contributed by atoms with Gasteiger partial charge in [0.2, 0.25) is 11.8 Å². The highest BCUT2D eigenvalue weighted by atomic mass is 16.2. The molecule has 0 aliphatic rings. The van der Waals surface area contributed by atoms with Crippen molar-refractivity contribution in [3.05, 3.63) is 59.7 Å². The van der Waals surface area contributed by atoms with E-state index in [1.54, 1.807) is 29.2 Å². The highest BCUT2D eigenvalue weighted by Gasteiger charge is 2.22. The normalized spacial score (nSPS) is 10.0. The highest BCUT2D eigenvalue weighted by molar-refractivity contribution is 6.03. The predicted octanol–water partition coefficient (Wildman–Crippen LogP) is 3.27. The van der Waals surface area contributed by atoms with Crippen LogP contribution in [0.3, 0.4) is 0 Å². The Morgan fingerprint density at radius 3 is 2.40 bits per heavy atom. The van der Waals surface area contributed by atoms with Crippen molar-refractivity contribution in [3.8, 4) is 6.07 Å². The summed E-state index contributed by atoms with van der Waals surface area (Å²) in [5.74, 6) is -0.479. The average Bonchev–Trinajstić information content (AvgIpc) is 2.60. The molecule has 0 fully saturated rings. The number of nitrogens with zero attached hydrogens (tertiary/aromatic N) is 3. The second-order valence-electron chi connectivity index (χ2n) is 5.71. The molecule has 0 saturated carbocycles. The largest absolute Gasteiger partial charge is 0.311 e. The summed E-state index contributed by atoms with van der Waals surface area (Å²) in [6, 6.07) is 16.5. The van der Waals surface area contributed by atoms with E-state index in [0.29, 0.717) is 17.8 Å². The summed E-state index contributed by atoms with van der Waals surface area (Å²) in [5.41, 5.74) is 2.67. The molecule has 5 heteroatoms. The maximum absolute atomic E-state index is 12.8. The van der Waals surface area contributed by atoms with E-state index in [1.807, 2.05) is 38.1 Å². The van der Waals surface area contributed by atoms with Crippen LogP contribution in [0.15, 0.2) is 48.5 Å². The molecular formula is C20H21N3O2. The predicted molar refractivity (Wildman–Crippen MR) is 98.4 cm³/mol. The number of benzene rings is 2. The fraction of sp³-hybridized carbons (Fsp3) is 0.250. The smallest absolute Gasteiger partial charge is 0.247 e. The van der Waals surface area contributed by atoms with Crippen LogP contribution in [0.5, 0.6) is 0 Å². The summed E-state index contributed by atoms with van der Waals surface area (Å²) < 4.78 is 0. The van der Waals surface area contributed by atoms with Gasteiger partial charge in [0.15, 0.2) is 0 Å². The molecule has 0 aliphatic heterocycles. The van der Waals surface area contributed by atoms with Gasteiger partial charge in [-0.05, 0) is 43.7 Å². The molecule has 0 unspecified atom stereocenters. The molecule has 128 valence electrons. The standard InChI is InChI=1S/C20H21N3O2/c1-4-22(18-10-7-8-15(2)12-18)20(25)14-23(16(3)24)19-11-6-5-9-17(19)13-21/h5-12H,4,14H2,1-3H3. The number of nitriles is 1. The molecular weight excluding hydrogens is 314 g/mol.